The molecule has 1 fully saturated rings. The third kappa shape index (κ3) is 3.46. The van der Waals surface area contributed by atoms with Gasteiger partial charge in [-0.2, -0.15) is 0 Å². The summed E-state index contributed by atoms with van der Waals surface area (Å²) in [6, 6.07) is 13.8. The lowest BCUT2D eigenvalue weighted by Gasteiger charge is -2.19. The SMILES string of the molecule is Nc1c(S(=O)(=O)c2cccc(Cl)c2)c2nc3ccccc3nc2n1C1CCCCCC1. The standard InChI is InChI=1S/C23H23ClN4O2S/c24-15-8-7-11-17(14-15)31(29,30)21-20-23(27-19-13-6-5-12-18(19)26-20)28(22(21)25)16-9-3-1-2-4-10-16/h5-8,11-14,16H,1-4,9-10,25H2. The average molecular weight is 455 g/mol. The van der Waals surface area contributed by atoms with Crippen molar-refractivity contribution in [2.24, 2.45) is 0 Å². The lowest BCUT2D eigenvalue weighted by atomic mass is 10.1. The minimum Gasteiger partial charge on any atom is -0.384 e. The summed E-state index contributed by atoms with van der Waals surface area (Å²) >= 11 is 6.09. The van der Waals surface area contributed by atoms with Gasteiger partial charge in [0.15, 0.2) is 5.65 Å². The molecule has 0 atom stereocenters. The zero-order chi connectivity index (χ0) is 21.6. The molecule has 0 unspecified atom stereocenters. The van der Waals surface area contributed by atoms with Crippen LogP contribution >= 0.6 is 11.6 Å². The number of rotatable bonds is 3. The summed E-state index contributed by atoms with van der Waals surface area (Å²) < 4.78 is 29.3. The van der Waals surface area contributed by atoms with E-state index in [9.17, 15) is 8.42 Å². The molecule has 0 radical (unpaired) electrons. The third-order valence-corrected chi connectivity index (χ3v) is 8.10. The molecule has 0 saturated heterocycles. The van der Waals surface area contributed by atoms with Crippen LogP contribution in [0.4, 0.5) is 5.82 Å². The number of hydrogen-bond acceptors (Lipinski definition) is 5. The Morgan fingerprint density at radius 1 is 0.935 bits per heavy atom. The summed E-state index contributed by atoms with van der Waals surface area (Å²) in [7, 11) is -3.95. The second kappa shape index (κ2) is 7.80. The maximum atomic E-state index is 13.7. The van der Waals surface area contributed by atoms with Crippen LogP contribution in [0.15, 0.2) is 58.3 Å². The first-order valence-electron chi connectivity index (χ1n) is 10.5. The van der Waals surface area contributed by atoms with Crippen LogP contribution in [0.2, 0.25) is 5.02 Å². The van der Waals surface area contributed by atoms with Gasteiger partial charge in [0.25, 0.3) is 0 Å². The van der Waals surface area contributed by atoms with Gasteiger partial charge in [-0.25, -0.2) is 18.4 Å². The van der Waals surface area contributed by atoms with Gasteiger partial charge in [-0.15, -0.1) is 0 Å². The normalized spacial score (nSPS) is 16.0. The molecule has 5 rings (SSSR count). The van der Waals surface area contributed by atoms with Crippen LogP contribution < -0.4 is 5.73 Å². The van der Waals surface area contributed by atoms with Gasteiger partial charge in [0.1, 0.15) is 16.2 Å². The summed E-state index contributed by atoms with van der Waals surface area (Å²) in [5, 5.41) is 0.351. The number of nitrogen functional groups attached to an aromatic ring is 1. The molecule has 160 valence electrons. The smallest absolute Gasteiger partial charge is 0.212 e. The molecule has 6 nitrogen and oxygen atoms in total. The first-order chi connectivity index (χ1) is 15.0. The van der Waals surface area contributed by atoms with E-state index in [2.05, 4.69) is 0 Å². The predicted octanol–water partition coefficient (Wildman–Crippen LogP) is 5.55. The van der Waals surface area contributed by atoms with Crippen LogP contribution in [-0.4, -0.2) is 23.0 Å². The van der Waals surface area contributed by atoms with Crippen LogP contribution in [0, 0.1) is 0 Å². The van der Waals surface area contributed by atoms with Crippen molar-refractivity contribution in [3.05, 3.63) is 53.6 Å². The van der Waals surface area contributed by atoms with Crippen LogP contribution in [-0.2, 0) is 9.84 Å². The number of anilines is 1. The minimum atomic E-state index is -3.95. The van der Waals surface area contributed by atoms with E-state index < -0.39 is 9.84 Å². The Bertz CT molecular complexity index is 1390. The van der Waals surface area contributed by atoms with Crippen LogP contribution in [0.1, 0.15) is 44.6 Å². The molecule has 2 N–H and O–H groups in total. The molecule has 1 saturated carbocycles. The van der Waals surface area contributed by atoms with Crippen LogP contribution in [0.3, 0.4) is 0 Å². The Kier molecular flexibility index (Phi) is 5.10. The Hall–Kier alpha value is -2.64. The molecule has 0 spiro atoms. The highest BCUT2D eigenvalue weighted by Crippen LogP contribution is 2.40. The van der Waals surface area contributed by atoms with E-state index in [4.69, 9.17) is 27.3 Å². The summed E-state index contributed by atoms with van der Waals surface area (Å²) in [5.74, 6) is 0.206. The fourth-order valence-corrected chi connectivity index (χ4v) is 6.35. The van der Waals surface area contributed by atoms with Crippen molar-refractivity contribution in [1.29, 1.82) is 0 Å². The number of fused-ring (bicyclic) bond motifs is 2. The molecule has 8 heteroatoms. The topological polar surface area (TPSA) is 90.9 Å². The van der Waals surface area contributed by atoms with E-state index in [0.29, 0.717) is 27.2 Å². The second-order valence-corrected chi connectivity index (χ2v) is 10.4. The maximum Gasteiger partial charge on any atom is 0.212 e. The van der Waals surface area contributed by atoms with Crippen molar-refractivity contribution in [3.63, 3.8) is 0 Å². The molecule has 0 amide bonds. The number of halogens is 1. The zero-order valence-electron chi connectivity index (χ0n) is 17.0. The van der Waals surface area contributed by atoms with Crippen LogP contribution in [0.25, 0.3) is 22.2 Å². The van der Waals surface area contributed by atoms with Gasteiger partial charge in [-0.3, -0.25) is 0 Å². The molecule has 4 aromatic rings. The fraction of sp³-hybridized carbons (Fsp3) is 0.304. The Labute approximate surface area is 186 Å². The molecule has 2 aromatic heterocycles. The quantitative estimate of drug-likeness (QED) is 0.410. The first kappa shape index (κ1) is 20.3. The molecule has 1 aliphatic rings. The van der Waals surface area contributed by atoms with Gasteiger partial charge < -0.3 is 10.3 Å². The number of hydrogen-bond donors (Lipinski definition) is 1. The van der Waals surface area contributed by atoms with Crippen molar-refractivity contribution in [2.45, 2.75) is 54.4 Å². The molecular formula is C23H23ClN4O2S. The molecule has 31 heavy (non-hydrogen) atoms. The minimum absolute atomic E-state index is 0.0206. The lowest BCUT2D eigenvalue weighted by Crippen LogP contribution is -2.13. The van der Waals surface area contributed by atoms with E-state index in [1.54, 1.807) is 12.1 Å². The number of aromatic nitrogens is 3. The third-order valence-electron chi connectivity index (χ3n) is 6.05. The fourth-order valence-electron chi connectivity index (χ4n) is 4.56. The van der Waals surface area contributed by atoms with Gasteiger partial charge in [0.05, 0.1) is 15.9 Å². The Morgan fingerprint density at radius 3 is 2.29 bits per heavy atom. The molecular weight excluding hydrogens is 432 g/mol. The van der Waals surface area contributed by atoms with Crippen molar-refractivity contribution in [1.82, 2.24) is 14.5 Å². The van der Waals surface area contributed by atoms with E-state index in [1.807, 2.05) is 28.8 Å². The van der Waals surface area contributed by atoms with Gasteiger partial charge in [0.2, 0.25) is 9.84 Å². The van der Waals surface area contributed by atoms with E-state index >= 15 is 0 Å². The largest absolute Gasteiger partial charge is 0.384 e. The van der Waals surface area contributed by atoms with Gasteiger partial charge >= 0.3 is 0 Å². The van der Waals surface area contributed by atoms with Gasteiger partial charge in [0, 0.05) is 11.1 Å². The number of para-hydroxylation sites is 2. The van der Waals surface area contributed by atoms with Crippen LogP contribution in [0.5, 0.6) is 0 Å². The highest BCUT2D eigenvalue weighted by Gasteiger charge is 2.32. The van der Waals surface area contributed by atoms with Crippen molar-refractivity contribution < 1.29 is 8.42 Å². The van der Waals surface area contributed by atoms with Crippen molar-refractivity contribution >= 4 is 49.5 Å². The van der Waals surface area contributed by atoms with E-state index in [1.165, 1.54) is 25.0 Å². The number of nitrogens with zero attached hydrogens (tertiary/aromatic N) is 3. The number of benzene rings is 2. The predicted molar refractivity (Wildman–Crippen MR) is 123 cm³/mol. The Morgan fingerprint density at radius 2 is 1.61 bits per heavy atom. The summed E-state index contributed by atoms with van der Waals surface area (Å²) in [6.07, 6.45) is 6.41. The summed E-state index contributed by atoms with van der Waals surface area (Å²) in [5.41, 5.74) is 8.80. The second-order valence-electron chi connectivity index (χ2n) is 8.08. The van der Waals surface area contributed by atoms with Crippen molar-refractivity contribution in [2.75, 3.05) is 5.73 Å². The summed E-state index contributed by atoms with van der Waals surface area (Å²) in [4.78, 5) is 9.66. The van der Waals surface area contributed by atoms with E-state index in [0.717, 1.165) is 25.7 Å². The molecule has 2 aromatic carbocycles. The Balaban J connectivity index is 1.83. The highest BCUT2D eigenvalue weighted by atomic mass is 35.5. The van der Waals surface area contributed by atoms with Gasteiger partial charge in [-0.05, 0) is 43.2 Å². The van der Waals surface area contributed by atoms with E-state index in [-0.39, 0.29) is 21.7 Å². The highest BCUT2D eigenvalue weighted by molar-refractivity contribution is 7.92. The number of nitrogens with two attached hydrogens (primary N) is 1. The first-order valence-corrected chi connectivity index (χ1v) is 12.4. The number of sulfone groups is 1. The molecule has 1 aliphatic carbocycles. The molecule has 2 heterocycles. The lowest BCUT2D eigenvalue weighted by molar-refractivity contribution is 0.457. The summed E-state index contributed by atoms with van der Waals surface area (Å²) in [6.45, 7) is 0. The average Bonchev–Trinajstić information content (AvgIpc) is 2.90. The molecule has 0 aliphatic heterocycles. The monoisotopic (exact) mass is 454 g/mol. The van der Waals surface area contributed by atoms with Gasteiger partial charge in [-0.1, -0.05) is 55.5 Å². The molecule has 0 bridgehead atoms. The van der Waals surface area contributed by atoms with Crippen molar-refractivity contribution in [3.8, 4) is 0 Å². The maximum absolute atomic E-state index is 13.7. The zero-order valence-corrected chi connectivity index (χ0v) is 18.5.